The summed E-state index contributed by atoms with van der Waals surface area (Å²) in [7, 11) is 0. The highest BCUT2D eigenvalue weighted by Gasteiger charge is 2.47. The van der Waals surface area contributed by atoms with Crippen LogP contribution in [0.1, 0.15) is 57.2 Å². The van der Waals surface area contributed by atoms with E-state index in [1.54, 1.807) is 0 Å². The zero-order valence-electron chi connectivity index (χ0n) is 38.0. The van der Waals surface area contributed by atoms with Crippen LogP contribution in [0.2, 0.25) is 0 Å². The molecule has 2 aromatic heterocycles. The molecule has 9 aromatic carbocycles. The highest BCUT2D eigenvalue weighted by Crippen LogP contribution is 2.54. The summed E-state index contributed by atoms with van der Waals surface area (Å²) in [4.78, 5) is 5.24. The molecule has 4 heterocycles. The fraction of sp³-hybridized carbons (Fsp3) is 0.148. The van der Waals surface area contributed by atoms with Crippen LogP contribution in [0.4, 0.5) is 28.4 Å². The first-order valence-electron chi connectivity index (χ1n) is 23.6. The lowest BCUT2D eigenvalue weighted by Crippen LogP contribution is -2.60. The van der Waals surface area contributed by atoms with Gasteiger partial charge in [-0.2, -0.15) is 0 Å². The van der Waals surface area contributed by atoms with E-state index in [1.807, 2.05) is 11.3 Å². The number of anilines is 5. The van der Waals surface area contributed by atoms with Gasteiger partial charge in [0.15, 0.2) is 0 Å². The van der Waals surface area contributed by atoms with Gasteiger partial charge in [0.05, 0.1) is 11.0 Å². The molecule has 0 bridgehead atoms. The number of thiophene rings is 1. The highest BCUT2D eigenvalue weighted by molar-refractivity contribution is 7.26. The molecule has 0 atom stereocenters. The smallest absolute Gasteiger partial charge is 0.333 e. The summed E-state index contributed by atoms with van der Waals surface area (Å²) in [6.45, 7) is 12.1. The molecule has 0 radical (unpaired) electrons. The van der Waals surface area contributed by atoms with Crippen molar-refractivity contribution in [2.45, 2.75) is 58.3 Å². The second-order valence-electron chi connectivity index (χ2n) is 20.3. The van der Waals surface area contributed by atoms with Gasteiger partial charge in [0.25, 0.3) is 0 Å². The molecule has 0 saturated carbocycles. The van der Waals surface area contributed by atoms with Gasteiger partial charge < -0.3 is 14.3 Å². The van der Waals surface area contributed by atoms with Crippen LogP contribution < -0.4 is 20.6 Å². The molecule has 0 saturated heterocycles. The van der Waals surface area contributed by atoms with Crippen molar-refractivity contribution in [2.75, 3.05) is 9.71 Å². The van der Waals surface area contributed by atoms with Gasteiger partial charge >= 0.3 is 6.85 Å². The van der Waals surface area contributed by atoms with Gasteiger partial charge in [-0.3, -0.25) is 0 Å². The normalized spacial score (nSPS) is 15.4. The van der Waals surface area contributed by atoms with Gasteiger partial charge in [-0.25, -0.2) is 0 Å². The van der Waals surface area contributed by atoms with Crippen LogP contribution in [0.15, 0.2) is 176 Å². The van der Waals surface area contributed by atoms with Crippen LogP contribution in [0, 0.1) is 6.92 Å². The largest absolute Gasteiger partial charge is 0.376 e. The Morgan fingerprint density at radius 1 is 0.515 bits per heavy atom. The Labute approximate surface area is 390 Å². The van der Waals surface area contributed by atoms with E-state index in [1.165, 1.54) is 121 Å². The lowest BCUT2D eigenvalue weighted by atomic mass is 9.43. The fourth-order valence-electron chi connectivity index (χ4n) is 12.4. The van der Waals surface area contributed by atoms with E-state index in [2.05, 4.69) is 225 Å². The minimum Gasteiger partial charge on any atom is -0.376 e. The first-order chi connectivity index (χ1) is 32.2. The van der Waals surface area contributed by atoms with Crippen molar-refractivity contribution in [2.24, 2.45) is 0 Å². The van der Waals surface area contributed by atoms with Crippen molar-refractivity contribution in [1.82, 2.24) is 4.57 Å². The minimum atomic E-state index is -0.0935. The zero-order valence-corrected chi connectivity index (χ0v) is 38.8. The maximum atomic E-state index is 2.78. The van der Waals surface area contributed by atoms with Crippen molar-refractivity contribution >= 4 is 110 Å². The number of rotatable bonds is 4. The first-order valence-corrected chi connectivity index (χ1v) is 24.4. The minimum absolute atomic E-state index is 0.0514. The standard InChI is InChI=1S/C61H48BN3S/c1-37-33-47-48(61(4,5)32-31-60(47,2)3)36-51(37)65-50-29-30-54-56(45-23-14-15-26-53(45)66-54)55(50)46-34-41(63(39-18-8-6-9-19-39)40-20-10-7-11-21-40)35-52-57(46)62(65)49-25-16-24-43-44-28-27-38-17-12-13-22-42(38)58(44)64(52)59(43)49/h6-30,33-36H,31-32H2,1-5H3. The summed E-state index contributed by atoms with van der Waals surface area (Å²) in [6, 6.07) is 66.8. The summed E-state index contributed by atoms with van der Waals surface area (Å²) >= 11 is 1.91. The fourth-order valence-corrected chi connectivity index (χ4v) is 13.5. The summed E-state index contributed by atoms with van der Waals surface area (Å²) in [5, 5.41) is 7.76. The molecular weight excluding hydrogens is 818 g/mol. The van der Waals surface area contributed by atoms with E-state index < -0.39 is 0 Å². The maximum Gasteiger partial charge on any atom is 0.333 e. The third-order valence-electron chi connectivity index (χ3n) is 15.7. The third kappa shape index (κ3) is 5.15. The van der Waals surface area contributed by atoms with E-state index in [0.29, 0.717) is 0 Å². The van der Waals surface area contributed by atoms with E-state index in [-0.39, 0.29) is 17.7 Å². The molecule has 0 unspecified atom stereocenters. The second-order valence-corrected chi connectivity index (χ2v) is 21.4. The van der Waals surface area contributed by atoms with Gasteiger partial charge in [-0.1, -0.05) is 143 Å². The zero-order chi connectivity index (χ0) is 44.2. The molecule has 0 fully saturated rings. The summed E-state index contributed by atoms with van der Waals surface area (Å²) < 4.78 is 5.30. The molecule has 14 rings (SSSR count). The molecule has 2 aliphatic heterocycles. The summed E-state index contributed by atoms with van der Waals surface area (Å²) in [5.74, 6) is 0. The Morgan fingerprint density at radius 2 is 1.17 bits per heavy atom. The molecule has 5 heteroatoms. The lowest BCUT2D eigenvalue weighted by molar-refractivity contribution is 0.332. The molecule has 0 amide bonds. The van der Waals surface area contributed by atoms with Gasteiger partial charge in [0.1, 0.15) is 0 Å². The highest BCUT2D eigenvalue weighted by atomic mass is 32.1. The van der Waals surface area contributed by atoms with Gasteiger partial charge in [0.2, 0.25) is 0 Å². The Morgan fingerprint density at radius 3 is 1.92 bits per heavy atom. The van der Waals surface area contributed by atoms with Crippen LogP contribution >= 0.6 is 11.3 Å². The van der Waals surface area contributed by atoms with E-state index in [4.69, 9.17) is 0 Å². The number of fused-ring (bicyclic) bond motifs is 14. The average Bonchev–Trinajstić information content (AvgIpc) is 3.90. The van der Waals surface area contributed by atoms with E-state index in [9.17, 15) is 0 Å². The maximum absolute atomic E-state index is 2.78. The number of nitrogens with zero attached hydrogens (tertiary/aromatic N) is 3. The molecule has 316 valence electrons. The van der Waals surface area contributed by atoms with Crippen LogP contribution in [-0.2, 0) is 10.8 Å². The Balaban J connectivity index is 1.19. The molecule has 1 aliphatic carbocycles. The molecular formula is C61H48BN3S. The van der Waals surface area contributed by atoms with Crippen LogP contribution in [0.3, 0.4) is 0 Å². The molecule has 3 aliphatic rings. The van der Waals surface area contributed by atoms with Gasteiger partial charge in [-0.15, -0.1) is 11.3 Å². The molecule has 0 N–H and O–H groups in total. The van der Waals surface area contributed by atoms with Crippen LogP contribution in [0.5, 0.6) is 0 Å². The predicted molar refractivity (Wildman–Crippen MR) is 285 cm³/mol. The lowest BCUT2D eigenvalue weighted by Gasteiger charge is -2.46. The SMILES string of the molecule is Cc1cc2c(cc1N1B3c4c(cc(N(c5ccccc5)c5ccccc5)cc4-n4c5c3cccc5c3ccc5ccccc5c34)-c3c1ccc1sc4ccccc4c31)C(C)(C)CCC2(C)C. The molecule has 3 nitrogen and oxygen atoms in total. The number of hydrogen-bond donors (Lipinski definition) is 0. The quantitative estimate of drug-likeness (QED) is 0.163. The number of aryl methyl sites for hydroxylation is 1. The summed E-state index contributed by atoms with van der Waals surface area (Å²) in [5.41, 5.74) is 19.5. The number of benzene rings is 9. The molecule has 66 heavy (non-hydrogen) atoms. The monoisotopic (exact) mass is 865 g/mol. The summed E-state index contributed by atoms with van der Waals surface area (Å²) in [6.07, 6.45) is 2.35. The Hall–Kier alpha value is -7.08. The first kappa shape index (κ1) is 38.2. The van der Waals surface area contributed by atoms with Gasteiger partial charge in [0, 0.05) is 76.0 Å². The van der Waals surface area contributed by atoms with Crippen LogP contribution in [-0.4, -0.2) is 11.4 Å². The third-order valence-corrected chi connectivity index (χ3v) is 16.8. The van der Waals surface area contributed by atoms with Crippen molar-refractivity contribution in [3.05, 3.63) is 193 Å². The van der Waals surface area contributed by atoms with Crippen LogP contribution in [0.25, 0.3) is 69.6 Å². The topological polar surface area (TPSA) is 11.4 Å². The number of aromatic nitrogens is 1. The van der Waals surface area contributed by atoms with Crippen molar-refractivity contribution in [3.63, 3.8) is 0 Å². The second kappa shape index (κ2) is 13.5. The Kier molecular flexibility index (Phi) is 7.82. The molecule has 11 aromatic rings. The van der Waals surface area contributed by atoms with E-state index >= 15 is 0 Å². The van der Waals surface area contributed by atoms with Gasteiger partial charge in [-0.05, 0) is 130 Å². The number of para-hydroxylation sites is 3. The average molecular weight is 866 g/mol. The van der Waals surface area contributed by atoms with Crippen molar-refractivity contribution < 1.29 is 0 Å². The molecule has 0 spiro atoms. The van der Waals surface area contributed by atoms with Crippen molar-refractivity contribution in [3.8, 4) is 16.8 Å². The number of hydrogen-bond acceptors (Lipinski definition) is 3. The van der Waals surface area contributed by atoms with E-state index in [0.717, 1.165) is 17.1 Å². The van der Waals surface area contributed by atoms with Crippen molar-refractivity contribution in [1.29, 1.82) is 0 Å². The Bertz CT molecular complexity index is 3820. The predicted octanol–water partition coefficient (Wildman–Crippen LogP) is 15.7.